The molecule has 0 aliphatic carbocycles. The minimum atomic E-state index is -1.07. The zero-order valence-corrected chi connectivity index (χ0v) is 13.4. The van der Waals surface area contributed by atoms with Crippen LogP contribution >= 0.6 is 0 Å². The Balaban J connectivity index is 2.12. The number of aliphatic carboxylic acids is 1. The van der Waals surface area contributed by atoms with Crippen LogP contribution in [0.25, 0.3) is 16.9 Å². The number of carboxylic acid groups (broad SMARTS) is 1. The van der Waals surface area contributed by atoms with Gasteiger partial charge in [0.2, 0.25) is 0 Å². The average Bonchev–Trinajstić information content (AvgIpc) is 2.97. The molecule has 0 atom stereocenters. The molecule has 4 heteroatoms. The van der Waals surface area contributed by atoms with Crippen molar-refractivity contribution in [2.75, 3.05) is 0 Å². The molecule has 0 saturated carbocycles. The Bertz CT molecular complexity index is 863. The van der Waals surface area contributed by atoms with Gasteiger partial charge in [0.05, 0.1) is 5.69 Å². The van der Waals surface area contributed by atoms with E-state index in [-0.39, 0.29) is 12.2 Å². The second-order valence-electron chi connectivity index (χ2n) is 5.80. The molecule has 0 aliphatic heterocycles. The fourth-order valence-corrected chi connectivity index (χ4v) is 2.79. The van der Waals surface area contributed by atoms with Gasteiger partial charge in [-0.05, 0) is 49.6 Å². The first-order valence-corrected chi connectivity index (χ1v) is 7.81. The van der Waals surface area contributed by atoms with Crippen molar-refractivity contribution >= 4 is 5.97 Å². The number of carbonyl (C=O) groups excluding carboxylic acids is 1. The Morgan fingerprint density at radius 3 is 2.50 bits per heavy atom. The minimum absolute atomic E-state index is 0.0455. The number of carboxylic acids is 1. The second-order valence-corrected chi connectivity index (χ2v) is 5.80. The highest BCUT2D eigenvalue weighted by atomic mass is 16.4. The third-order valence-electron chi connectivity index (χ3n) is 3.98. The molecule has 0 bridgehead atoms. The van der Waals surface area contributed by atoms with Crippen LogP contribution in [0.1, 0.15) is 17.7 Å². The Morgan fingerprint density at radius 2 is 1.83 bits per heavy atom. The Kier molecular flexibility index (Phi) is 4.38. The van der Waals surface area contributed by atoms with Crippen molar-refractivity contribution in [3.8, 4) is 22.7 Å². The summed E-state index contributed by atoms with van der Waals surface area (Å²) in [5.74, 6) is -0.905. The van der Waals surface area contributed by atoms with Crippen molar-refractivity contribution in [2.45, 2.75) is 19.8 Å². The van der Waals surface area contributed by atoms with Crippen LogP contribution in [0.5, 0.6) is 5.75 Å². The van der Waals surface area contributed by atoms with Crippen molar-refractivity contribution in [3.05, 3.63) is 71.9 Å². The van der Waals surface area contributed by atoms with Gasteiger partial charge in [0.25, 0.3) is 0 Å². The van der Waals surface area contributed by atoms with Gasteiger partial charge in [-0.2, -0.15) is 0 Å². The number of phenolic OH excluding ortho intramolecular Hbond substituents is 1. The highest BCUT2D eigenvalue weighted by Gasteiger charge is 2.12. The molecule has 2 aromatic carbocycles. The maximum atomic E-state index is 10.8. The number of rotatable bonds is 5. The first-order valence-electron chi connectivity index (χ1n) is 7.81. The summed E-state index contributed by atoms with van der Waals surface area (Å²) in [7, 11) is 0. The summed E-state index contributed by atoms with van der Waals surface area (Å²) in [5, 5.41) is 20.6. The number of hydrogen-bond acceptors (Lipinski definition) is 3. The maximum Gasteiger partial charge on any atom is 0.117 e. The summed E-state index contributed by atoms with van der Waals surface area (Å²) in [5.41, 5.74) is 4.81. The number of aromatic nitrogens is 1. The van der Waals surface area contributed by atoms with Crippen LogP contribution in [0.3, 0.4) is 0 Å². The lowest BCUT2D eigenvalue weighted by molar-refractivity contribution is -0.305. The zero-order chi connectivity index (χ0) is 17.1. The smallest absolute Gasteiger partial charge is 0.117 e. The lowest BCUT2D eigenvalue weighted by Crippen LogP contribution is -2.22. The molecule has 0 amide bonds. The van der Waals surface area contributed by atoms with E-state index in [1.54, 1.807) is 18.2 Å². The first-order chi connectivity index (χ1) is 11.5. The number of aryl methyl sites for hydroxylation is 2. The zero-order valence-electron chi connectivity index (χ0n) is 13.4. The molecule has 3 rings (SSSR count). The summed E-state index contributed by atoms with van der Waals surface area (Å²) in [4.78, 5) is 10.8. The highest BCUT2D eigenvalue weighted by Crippen LogP contribution is 2.29. The molecule has 0 fully saturated rings. The number of aromatic hydroxyl groups is 1. The third kappa shape index (κ3) is 3.33. The van der Waals surface area contributed by atoms with Gasteiger partial charge in [-0.25, -0.2) is 0 Å². The van der Waals surface area contributed by atoms with Crippen molar-refractivity contribution < 1.29 is 15.0 Å². The van der Waals surface area contributed by atoms with Gasteiger partial charge in [-0.3, -0.25) is 0 Å². The predicted molar refractivity (Wildman–Crippen MR) is 90.9 cm³/mol. The summed E-state index contributed by atoms with van der Waals surface area (Å²) in [6.45, 7) is 2.03. The Labute approximate surface area is 140 Å². The standard InChI is InChI=1S/C20H19NO3/c1-14-5-7-15(8-6-14)19-11-9-16(10-12-20(23)24)21(19)17-3-2-4-18(22)13-17/h2-9,11,13,22H,10,12H2,1H3,(H,23,24)/p-1. The number of carbonyl (C=O) groups is 1. The van der Waals surface area contributed by atoms with Crippen LogP contribution in [0.4, 0.5) is 0 Å². The van der Waals surface area contributed by atoms with E-state index in [9.17, 15) is 15.0 Å². The van der Waals surface area contributed by atoms with Gasteiger partial charge in [-0.15, -0.1) is 0 Å². The molecule has 0 spiro atoms. The SMILES string of the molecule is Cc1ccc(-c2ccc(CCC(=O)[O-])n2-c2cccc(O)c2)cc1. The highest BCUT2D eigenvalue weighted by molar-refractivity contribution is 5.67. The predicted octanol–water partition coefficient (Wildman–Crippen LogP) is 2.84. The minimum Gasteiger partial charge on any atom is -0.550 e. The lowest BCUT2D eigenvalue weighted by Gasteiger charge is -2.15. The molecule has 1 aromatic heterocycles. The van der Waals surface area contributed by atoms with Gasteiger partial charge in [-0.1, -0.05) is 35.9 Å². The van der Waals surface area contributed by atoms with Crippen LogP contribution < -0.4 is 5.11 Å². The summed E-state index contributed by atoms with van der Waals surface area (Å²) >= 11 is 0. The fraction of sp³-hybridized carbons (Fsp3) is 0.150. The number of hydrogen-bond donors (Lipinski definition) is 1. The Morgan fingerprint density at radius 1 is 1.08 bits per heavy atom. The van der Waals surface area contributed by atoms with E-state index in [1.165, 1.54) is 5.56 Å². The lowest BCUT2D eigenvalue weighted by atomic mass is 10.1. The number of phenols is 1. The number of nitrogens with zero attached hydrogens (tertiary/aromatic N) is 1. The second kappa shape index (κ2) is 6.62. The van der Waals surface area contributed by atoms with Crippen LogP contribution in [0.2, 0.25) is 0 Å². The number of benzene rings is 2. The van der Waals surface area contributed by atoms with Gasteiger partial charge >= 0.3 is 0 Å². The molecule has 1 N–H and O–H groups in total. The van der Waals surface area contributed by atoms with Gasteiger partial charge in [0.1, 0.15) is 5.75 Å². The topological polar surface area (TPSA) is 65.3 Å². The largest absolute Gasteiger partial charge is 0.550 e. The van der Waals surface area contributed by atoms with Crippen molar-refractivity contribution in [1.29, 1.82) is 0 Å². The van der Waals surface area contributed by atoms with E-state index >= 15 is 0 Å². The summed E-state index contributed by atoms with van der Waals surface area (Å²) in [6, 6.07) is 19.0. The maximum absolute atomic E-state index is 10.8. The van der Waals surface area contributed by atoms with Crippen molar-refractivity contribution in [2.24, 2.45) is 0 Å². The quantitative estimate of drug-likeness (QED) is 0.786. The molecule has 3 aromatic rings. The Hall–Kier alpha value is -3.01. The van der Waals surface area contributed by atoms with E-state index in [2.05, 4.69) is 0 Å². The first kappa shape index (κ1) is 15.9. The molecular formula is C20H18NO3-. The van der Waals surface area contributed by atoms with E-state index < -0.39 is 5.97 Å². The normalized spacial score (nSPS) is 10.7. The van der Waals surface area contributed by atoms with E-state index in [0.717, 1.165) is 22.6 Å². The molecular weight excluding hydrogens is 302 g/mol. The molecule has 24 heavy (non-hydrogen) atoms. The molecule has 0 radical (unpaired) electrons. The van der Waals surface area contributed by atoms with E-state index in [4.69, 9.17) is 0 Å². The monoisotopic (exact) mass is 320 g/mol. The molecule has 0 saturated heterocycles. The molecule has 4 nitrogen and oxygen atoms in total. The van der Waals surface area contributed by atoms with Crippen LogP contribution in [0, 0.1) is 6.92 Å². The molecule has 0 aliphatic rings. The van der Waals surface area contributed by atoms with Gasteiger partial charge in [0, 0.05) is 23.4 Å². The summed E-state index contributed by atoms with van der Waals surface area (Å²) < 4.78 is 1.98. The van der Waals surface area contributed by atoms with Crippen LogP contribution in [-0.4, -0.2) is 15.6 Å². The van der Waals surface area contributed by atoms with E-state index in [0.29, 0.717) is 6.42 Å². The average molecular weight is 320 g/mol. The van der Waals surface area contributed by atoms with Gasteiger partial charge < -0.3 is 19.6 Å². The van der Waals surface area contributed by atoms with Crippen molar-refractivity contribution in [3.63, 3.8) is 0 Å². The third-order valence-corrected chi connectivity index (χ3v) is 3.98. The molecule has 122 valence electrons. The summed E-state index contributed by atoms with van der Waals surface area (Å²) in [6.07, 6.45) is 0.319. The van der Waals surface area contributed by atoms with Crippen molar-refractivity contribution in [1.82, 2.24) is 4.57 Å². The van der Waals surface area contributed by atoms with Crippen LogP contribution in [0.15, 0.2) is 60.7 Å². The fourth-order valence-electron chi connectivity index (χ4n) is 2.79. The molecule has 0 unspecified atom stereocenters. The van der Waals surface area contributed by atoms with E-state index in [1.807, 2.05) is 54.0 Å². The van der Waals surface area contributed by atoms with Crippen LogP contribution in [-0.2, 0) is 11.2 Å². The molecule has 1 heterocycles. The van der Waals surface area contributed by atoms with Gasteiger partial charge in [0.15, 0.2) is 0 Å².